The molecule has 41 heavy (non-hydrogen) atoms. The summed E-state index contributed by atoms with van der Waals surface area (Å²) in [4.78, 5) is 39.9. The van der Waals surface area contributed by atoms with Gasteiger partial charge in [0.15, 0.2) is 0 Å². The second kappa shape index (κ2) is 12.7. The van der Waals surface area contributed by atoms with Crippen LogP contribution < -0.4 is 15.5 Å². The van der Waals surface area contributed by atoms with Gasteiger partial charge in [-0.1, -0.05) is 30.3 Å². The molecule has 2 heterocycles. The number of ether oxygens (including phenoxy) is 2. The maximum Gasteiger partial charge on any atom is 0.329 e. The Bertz CT molecular complexity index is 1560. The highest BCUT2D eigenvalue weighted by atomic mass is 16.5. The van der Waals surface area contributed by atoms with Crippen LogP contribution in [0.3, 0.4) is 0 Å². The monoisotopic (exact) mass is 552 g/mol. The van der Waals surface area contributed by atoms with Crippen LogP contribution in [0.2, 0.25) is 0 Å². The second-order valence-electron chi connectivity index (χ2n) is 9.05. The van der Waals surface area contributed by atoms with Crippen LogP contribution in [0.25, 0.3) is 16.9 Å². The van der Waals surface area contributed by atoms with Gasteiger partial charge < -0.3 is 19.7 Å². The van der Waals surface area contributed by atoms with E-state index in [1.54, 1.807) is 47.2 Å². The molecule has 0 bridgehead atoms. The van der Waals surface area contributed by atoms with Gasteiger partial charge in [-0.05, 0) is 48.5 Å². The molecular weight excluding hydrogens is 524 g/mol. The molecule has 1 aliphatic heterocycles. The number of nitrogens with zero attached hydrogens (tertiary/aromatic N) is 4. The van der Waals surface area contributed by atoms with Gasteiger partial charge in [0.25, 0.3) is 5.91 Å². The van der Waals surface area contributed by atoms with Crippen molar-refractivity contribution in [1.29, 1.82) is 0 Å². The molecule has 5 rings (SSSR count). The van der Waals surface area contributed by atoms with Crippen LogP contribution in [-0.4, -0.2) is 72.0 Å². The van der Waals surface area contributed by atoms with Crippen molar-refractivity contribution >= 4 is 29.6 Å². The molecule has 1 fully saturated rings. The molecule has 0 atom stereocenters. The van der Waals surface area contributed by atoms with E-state index >= 15 is 0 Å². The zero-order valence-corrected chi connectivity index (χ0v) is 22.3. The van der Waals surface area contributed by atoms with Gasteiger partial charge in [0.05, 0.1) is 43.5 Å². The van der Waals surface area contributed by atoms with Crippen molar-refractivity contribution in [1.82, 2.24) is 20.1 Å². The quantitative estimate of drug-likeness (QED) is 0.206. The number of methoxy groups -OCH3 is 1. The Morgan fingerprint density at radius 3 is 2.37 bits per heavy atom. The fourth-order valence-corrected chi connectivity index (χ4v) is 4.27. The number of benzene rings is 3. The Hall–Kier alpha value is -5.29. The fraction of sp³-hybridized carbons (Fsp3) is 0.167. The van der Waals surface area contributed by atoms with E-state index < -0.39 is 11.8 Å². The third kappa shape index (κ3) is 6.48. The summed E-state index contributed by atoms with van der Waals surface area (Å²) in [6, 6.07) is 23.5. The lowest BCUT2D eigenvalue weighted by atomic mass is 10.1. The number of amides is 3. The molecule has 208 valence electrons. The van der Waals surface area contributed by atoms with E-state index in [9.17, 15) is 14.4 Å². The number of hydrogen-bond donors (Lipinski definition) is 2. The highest BCUT2D eigenvalue weighted by Gasteiger charge is 2.23. The van der Waals surface area contributed by atoms with Gasteiger partial charge in [-0.3, -0.25) is 14.4 Å². The molecule has 3 amide bonds. The van der Waals surface area contributed by atoms with Crippen molar-refractivity contribution in [3.8, 4) is 22.7 Å². The van der Waals surface area contributed by atoms with Crippen molar-refractivity contribution in [2.45, 2.75) is 0 Å². The minimum atomic E-state index is -0.990. The number of hydrazone groups is 1. The van der Waals surface area contributed by atoms with E-state index in [-0.39, 0.29) is 17.2 Å². The highest BCUT2D eigenvalue weighted by Crippen LogP contribution is 2.25. The van der Waals surface area contributed by atoms with Crippen LogP contribution in [0.4, 0.5) is 5.69 Å². The molecule has 11 heteroatoms. The lowest BCUT2D eigenvalue weighted by Crippen LogP contribution is -2.41. The Balaban J connectivity index is 1.30. The molecule has 0 spiro atoms. The number of aromatic nitrogens is 2. The Morgan fingerprint density at radius 2 is 1.63 bits per heavy atom. The normalized spacial score (nSPS) is 13.1. The van der Waals surface area contributed by atoms with Crippen LogP contribution >= 0.6 is 0 Å². The van der Waals surface area contributed by atoms with Crippen molar-refractivity contribution in [3.63, 3.8) is 0 Å². The van der Waals surface area contributed by atoms with Crippen molar-refractivity contribution in [3.05, 3.63) is 96.2 Å². The standard InChI is InChI=1S/C30H28N6O5/c1-40-24-13-11-21(12-14-24)27-22(20-36(34-27)23-7-3-2-4-8-23)19-31-33-29(38)28(37)32-26-10-6-5-9-25(26)30(39)35-15-17-41-18-16-35/h2-14,19-20H,15-18H2,1H3,(H,32,37)(H,33,38). The first kappa shape index (κ1) is 27.3. The molecule has 1 aromatic heterocycles. The highest BCUT2D eigenvalue weighted by molar-refractivity contribution is 6.40. The van der Waals surface area contributed by atoms with E-state index in [2.05, 4.69) is 15.8 Å². The number of carbonyl (C=O) groups is 3. The van der Waals surface area contributed by atoms with E-state index in [0.29, 0.717) is 43.3 Å². The minimum Gasteiger partial charge on any atom is -0.497 e. The molecule has 0 aliphatic carbocycles. The van der Waals surface area contributed by atoms with Crippen LogP contribution in [0.5, 0.6) is 5.75 Å². The van der Waals surface area contributed by atoms with Gasteiger partial charge in [0.2, 0.25) is 0 Å². The first-order valence-electron chi connectivity index (χ1n) is 12.9. The lowest BCUT2D eigenvalue weighted by Gasteiger charge is -2.27. The van der Waals surface area contributed by atoms with Crippen molar-refractivity contribution in [2.24, 2.45) is 5.10 Å². The topological polar surface area (TPSA) is 127 Å². The van der Waals surface area contributed by atoms with E-state index in [0.717, 1.165) is 11.3 Å². The van der Waals surface area contributed by atoms with Crippen LogP contribution in [-0.2, 0) is 14.3 Å². The summed E-state index contributed by atoms with van der Waals surface area (Å²) < 4.78 is 12.3. The average Bonchev–Trinajstić information content (AvgIpc) is 3.46. The average molecular weight is 553 g/mol. The lowest BCUT2D eigenvalue weighted by molar-refractivity contribution is -0.136. The maximum atomic E-state index is 13.0. The molecule has 0 saturated carbocycles. The summed E-state index contributed by atoms with van der Waals surface area (Å²) in [7, 11) is 1.59. The molecular formula is C30H28N6O5. The predicted octanol–water partition coefficient (Wildman–Crippen LogP) is 3.11. The second-order valence-corrected chi connectivity index (χ2v) is 9.05. The number of nitrogens with one attached hydrogen (secondary N) is 2. The first-order valence-corrected chi connectivity index (χ1v) is 12.9. The number of carbonyl (C=O) groups excluding carboxylic acids is 3. The fourth-order valence-electron chi connectivity index (χ4n) is 4.27. The van der Waals surface area contributed by atoms with Gasteiger partial charge in [-0.2, -0.15) is 10.2 Å². The summed E-state index contributed by atoms with van der Waals surface area (Å²) in [5, 5.41) is 11.2. The Labute approximate surface area is 236 Å². The SMILES string of the molecule is COc1ccc(-c2nn(-c3ccccc3)cc2C=NNC(=O)C(=O)Nc2ccccc2C(=O)N2CCOCC2)cc1. The Morgan fingerprint density at radius 1 is 0.927 bits per heavy atom. The van der Waals surface area contributed by atoms with Gasteiger partial charge in [-0.25, -0.2) is 10.1 Å². The van der Waals surface area contributed by atoms with E-state index in [1.807, 2.05) is 54.6 Å². The van der Waals surface area contributed by atoms with Gasteiger partial charge in [-0.15, -0.1) is 0 Å². The summed E-state index contributed by atoms with van der Waals surface area (Å²) in [5.41, 5.74) is 5.67. The van der Waals surface area contributed by atoms with Gasteiger partial charge >= 0.3 is 11.8 Å². The number of anilines is 1. The van der Waals surface area contributed by atoms with Crippen LogP contribution in [0.15, 0.2) is 90.2 Å². The number of para-hydroxylation sites is 2. The molecule has 3 aromatic carbocycles. The third-order valence-electron chi connectivity index (χ3n) is 6.41. The van der Waals surface area contributed by atoms with Crippen molar-refractivity contribution in [2.75, 3.05) is 38.7 Å². The molecule has 0 unspecified atom stereocenters. The van der Waals surface area contributed by atoms with Gasteiger partial charge in [0.1, 0.15) is 11.4 Å². The summed E-state index contributed by atoms with van der Waals surface area (Å²) in [6.45, 7) is 1.81. The summed E-state index contributed by atoms with van der Waals surface area (Å²) >= 11 is 0. The van der Waals surface area contributed by atoms with E-state index in [1.165, 1.54) is 6.21 Å². The van der Waals surface area contributed by atoms with Crippen LogP contribution in [0.1, 0.15) is 15.9 Å². The number of rotatable bonds is 7. The van der Waals surface area contributed by atoms with E-state index in [4.69, 9.17) is 14.6 Å². The maximum absolute atomic E-state index is 13.0. The Kier molecular flexibility index (Phi) is 8.46. The zero-order valence-electron chi connectivity index (χ0n) is 22.3. The molecule has 0 radical (unpaired) electrons. The van der Waals surface area contributed by atoms with Crippen LogP contribution in [0, 0.1) is 0 Å². The van der Waals surface area contributed by atoms with Gasteiger partial charge in [0, 0.05) is 30.4 Å². The van der Waals surface area contributed by atoms with Crippen molar-refractivity contribution < 1.29 is 23.9 Å². The number of morpholine rings is 1. The predicted molar refractivity (Wildman–Crippen MR) is 153 cm³/mol. The zero-order chi connectivity index (χ0) is 28.6. The first-order chi connectivity index (χ1) is 20.0. The molecule has 1 saturated heterocycles. The molecule has 4 aromatic rings. The largest absolute Gasteiger partial charge is 0.497 e. The smallest absolute Gasteiger partial charge is 0.329 e. The summed E-state index contributed by atoms with van der Waals surface area (Å²) in [5.74, 6) is -1.49. The number of hydrogen-bond acceptors (Lipinski definition) is 7. The third-order valence-corrected chi connectivity index (χ3v) is 6.41. The summed E-state index contributed by atoms with van der Waals surface area (Å²) in [6.07, 6.45) is 3.20. The molecule has 11 nitrogen and oxygen atoms in total. The molecule has 2 N–H and O–H groups in total. The molecule has 1 aliphatic rings. The minimum absolute atomic E-state index is 0.235.